The fourth-order valence-corrected chi connectivity index (χ4v) is 2.59. The minimum Gasteiger partial charge on any atom is -0.486 e. The van der Waals surface area contributed by atoms with Crippen molar-refractivity contribution < 1.29 is 19.1 Å². The van der Waals surface area contributed by atoms with E-state index in [0.29, 0.717) is 49.2 Å². The first-order valence-corrected chi connectivity index (χ1v) is 8.78. The van der Waals surface area contributed by atoms with Crippen molar-refractivity contribution in [2.45, 2.75) is 33.6 Å². The first-order valence-electron chi connectivity index (χ1n) is 8.40. The molecule has 0 aromatic heterocycles. The van der Waals surface area contributed by atoms with Gasteiger partial charge in [-0.3, -0.25) is 9.59 Å². The topological polar surface area (TPSA) is 76.7 Å². The number of halogens is 1. The summed E-state index contributed by atoms with van der Waals surface area (Å²) in [6.45, 7) is 7.32. The summed E-state index contributed by atoms with van der Waals surface area (Å²) in [5.41, 5.74) is 0.518. The monoisotopic (exact) mass is 368 g/mol. The second-order valence-corrected chi connectivity index (χ2v) is 7.36. The van der Waals surface area contributed by atoms with Crippen LogP contribution in [0.1, 0.15) is 32.8 Å². The Balaban J connectivity index is 1.73. The molecule has 2 rings (SSSR count). The Kier molecular flexibility index (Phi) is 6.53. The van der Waals surface area contributed by atoms with Gasteiger partial charge in [0.15, 0.2) is 11.5 Å². The van der Waals surface area contributed by atoms with Gasteiger partial charge in [-0.15, -0.1) is 0 Å². The third-order valence-electron chi connectivity index (χ3n) is 3.71. The molecule has 1 aromatic rings. The van der Waals surface area contributed by atoms with E-state index in [9.17, 15) is 9.59 Å². The molecule has 1 aliphatic heterocycles. The Bertz CT molecular complexity index is 641. The van der Waals surface area contributed by atoms with Crippen LogP contribution < -0.4 is 20.1 Å². The first-order chi connectivity index (χ1) is 11.8. The Morgan fingerprint density at radius 1 is 1.12 bits per heavy atom. The molecule has 2 N–H and O–H groups in total. The predicted octanol–water partition coefficient (Wildman–Crippen LogP) is 2.32. The van der Waals surface area contributed by atoms with Gasteiger partial charge in [0.1, 0.15) is 13.2 Å². The third-order valence-corrected chi connectivity index (χ3v) is 3.99. The molecule has 0 spiro atoms. The first kappa shape index (κ1) is 19.4. The van der Waals surface area contributed by atoms with E-state index in [0.717, 1.165) is 5.56 Å². The summed E-state index contributed by atoms with van der Waals surface area (Å²) in [6, 6.07) is 3.71. The zero-order chi connectivity index (χ0) is 18.4. The van der Waals surface area contributed by atoms with Crippen molar-refractivity contribution in [2.24, 2.45) is 5.41 Å². The quantitative estimate of drug-likeness (QED) is 0.807. The number of fused-ring (bicyclic) bond motifs is 1. The fraction of sp³-hybridized carbons (Fsp3) is 0.556. The van der Waals surface area contributed by atoms with E-state index in [1.807, 2.05) is 32.9 Å². The summed E-state index contributed by atoms with van der Waals surface area (Å²) in [4.78, 5) is 23.5. The molecule has 7 heteroatoms. The second-order valence-electron chi connectivity index (χ2n) is 6.96. The van der Waals surface area contributed by atoms with Crippen LogP contribution in [0.4, 0.5) is 0 Å². The van der Waals surface area contributed by atoms with Crippen LogP contribution >= 0.6 is 11.6 Å². The number of ether oxygens (including phenoxy) is 2. The highest BCUT2D eigenvalue weighted by Crippen LogP contribution is 2.38. The van der Waals surface area contributed by atoms with Crippen molar-refractivity contribution in [2.75, 3.05) is 26.3 Å². The summed E-state index contributed by atoms with van der Waals surface area (Å²) in [5.74, 6) is 1.06. The number of benzene rings is 1. The summed E-state index contributed by atoms with van der Waals surface area (Å²) < 4.78 is 11.0. The van der Waals surface area contributed by atoms with Crippen LogP contribution in [0.3, 0.4) is 0 Å². The Morgan fingerprint density at radius 2 is 1.84 bits per heavy atom. The van der Waals surface area contributed by atoms with Crippen molar-refractivity contribution in [3.63, 3.8) is 0 Å². The molecule has 0 saturated heterocycles. The normalized spacial score (nSPS) is 13.3. The maximum absolute atomic E-state index is 11.8. The van der Waals surface area contributed by atoms with Crippen molar-refractivity contribution in [1.29, 1.82) is 0 Å². The van der Waals surface area contributed by atoms with Crippen LogP contribution in [0.25, 0.3) is 0 Å². The van der Waals surface area contributed by atoms with Gasteiger partial charge in [-0.25, -0.2) is 0 Å². The van der Waals surface area contributed by atoms with Gasteiger partial charge in [-0.05, 0) is 24.1 Å². The van der Waals surface area contributed by atoms with Crippen LogP contribution in [-0.2, 0) is 16.0 Å². The minimum absolute atomic E-state index is 0.0637. The van der Waals surface area contributed by atoms with Gasteiger partial charge < -0.3 is 20.1 Å². The van der Waals surface area contributed by atoms with E-state index >= 15 is 0 Å². The molecule has 138 valence electrons. The number of amides is 2. The van der Waals surface area contributed by atoms with Gasteiger partial charge in [0.25, 0.3) is 0 Å². The van der Waals surface area contributed by atoms with Crippen LogP contribution in [0.2, 0.25) is 5.02 Å². The molecule has 0 unspecified atom stereocenters. The van der Waals surface area contributed by atoms with Gasteiger partial charge in [0.05, 0.1) is 5.02 Å². The molecule has 0 radical (unpaired) electrons. The highest BCUT2D eigenvalue weighted by Gasteiger charge is 2.20. The van der Waals surface area contributed by atoms with Crippen molar-refractivity contribution in [1.82, 2.24) is 10.6 Å². The number of rotatable bonds is 6. The number of hydrogen-bond acceptors (Lipinski definition) is 4. The number of carbonyl (C=O) groups excluding carboxylic acids is 2. The van der Waals surface area contributed by atoms with Crippen LogP contribution in [0.15, 0.2) is 12.1 Å². The van der Waals surface area contributed by atoms with Crippen LogP contribution in [-0.4, -0.2) is 38.1 Å². The molecule has 2 amide bonds. The molecule has 6 nitrogen and oxygen atoms in total. The van der Waals surface area contributed by atoms with Crippen LogP contribution in [0.5, 0.6) is 11.5 Å². The molecular weight excluding hydrogens is 344 g/mol. The van der Waals surface area contributed by atoms with Crippen molar-refractivity contribution >= 4 is 23.4 Å². The van der Waals surface area contributed by atoms with Crippen molar-refractivity contribution in [3.8, 4) is 11.5 Å². The third kappa shape index (κ3) is 5.81. The predicted molar refractivity (Wildman–Crippen MR) is 96.2 cm³/mol. The SMILES string of the molecule is CC(C)(C)C(=O)NCCC(=O)NCCc1cc(Cl)c2c(c1)OCCO2. The average Bonchev–Trinajstić information content (AvgIpc) is 2.54. The average molecular weight is 369 g/mol. The Hall–Kier alpha value is -1.95. The molecule has 0 aliphatic carbocycles. The maximum Gasteiger partial charge on any atom is 0.225 e. The molecule has 0 bridgehead atoms. The molecule has 25 heavy (non-hydrogen) atoms. The largest absolute Gasteiger partial charge is 0.486 e. The molecule has 1 aliphatic rings. The molecule has 1 heterocycles. The molecule has 0 fully saturated rings. The summed E-state index contributed by atoms with van der Waals surface area (Å²) in [6.07, 6.45) is 0.889. The van der Waals surface area contributed by atoms with E-state index < -0.39 is 5.41 Å². The molecule has 0 saturated carbocycles. The van der Waals surface area contributed by atoms with Crippen molar-refractivity contribution in [3.05, 3.63) is 22.7 Å². The minimum atomic E-state index is -0.450. The summed E-state index contributed by atoms with van der Waals surface area (Å²) in [5, 5.41) is 6.11. The smallest absolute Gasteiger partial charge is 0.225 e. The highest BCUT2D eigenvalue weighted by atomic mass is 35.5. The van der Waals surface area contributed by atoms with Gasteiger partial charge in [0.2, 0.25) is 11.8 Å². The summed E-state index contributed by atoms with van der Waals surface area (Å²) in [7, 11) is 0. The van der Waals surface area contributed by atoms with E-state index in [2.05, 4.69) is 10.6 Å². The fourth-order valence-electron chi connectivity index (χ4n) is 2.30. The zero-order valence-corrected chi connectivity index (χ0v) is 15.7. The molecule has 1 aromatic carbocycles. The highest BCUT2D eigenvalue weighted by molar-refractivity contribution is 6.32. The standard InChI is InChI=1S/C18H25ClN2O4/c1-18(2,3)17(23)21-7-5-15(22)20-6-4-12-10-13(19)16-14(11-12)24-8-9-25-16/h10-11H,4-9H2,1-3H3,(H,20,22)(H,21,23). The number of hydrogen-bond donors (Lipinski definition) is 2. The molecular formula is C18H25ClN2O4. The maximum atomic E-state index is 11.8. The van der Waals surface area contributed by atoms with E-state index in [1.165, 1.54) is 0 Å². The van der Waals surface area contributed by atoms with Crippen LogP contribution in [0, 0.1) is 5.41 Å². The zero-order valence-electron chi connectivity index (χ0n) is 14.9. The lowest BCUT2D eigenvalue weighted by molar-refractivity contribution is -0.128. The number of nitrogens with one attached hydrogen (secondary N) is 2. The van der Waals surface area contributed by atoms with E-state index in [1.54, 1.807) is 0 Å². The van der Waals surface area contributed by atoms with Gasteiger partial charge in [-0.1, -0.05) is 32.4 Å². The number of carbonyl (C=O) groups is 2. The second kappa shape index (κ2) is 8.43. The lowest BCUT2D eigenvalue weighted by atomic mass is 9.96. The van der Waals surface area contributed by atoms with E-state index in [-0.39, 0.29) is 18.2 Å². The Labute approximate surface area is 153 Å². The lowest BCUT2D eigenvalue weighted by Gasteiger charge is -2.20. The van der Waals surface area contributed by atoms with Gasteiger partial charge in [-0.2, -0.15) is 0 Å². The summed E-state index contributed by atoms with van der Waals surface area (Å²) >= 11 is 6.19. The van der Waals surface area contributed by atoms with Gasteiger partial charge in [0, 0.05) is 24.9 Å². The molecule has 0 atom stereocenters. The lowest BCUT2D eigenvalue weighted by Crippen LogP contribution is -2.37. The Morgan fingerprint density at radius 3 is 2.56 bits per heavy atom. The van der Waals surface area contributed by atoms with E-state index in [4.69, 9.17) is 21.1 Å². The van der Waals surface area contributed by atoms with Gasteiger partial charge >= 0.3 is 0 Å².